The summed E-state index contributed by atoms with van der Waals surface area (Å²) in [5.74, 6) is -0.467. The van der Waals surface area contributed by atoms with E-state index in [1.54, 1.807) is 31.9 Å². The van der Waals surface area contributed by atoms with Crippen molar-refractivity contribution < 1.29 is 9.59 Å². The van der Waals surface area contributed by atoms with Crippen LogP contribution < -0.4 is 5.32 Å². The first kappa shape index (κ1) is 15.4. The number of aromatic nitrogens is 1. The average Bonchev–Trinajstić information content (AvgIpc) is 2.35. The Labute approximate surface area is 118 Å². The van der Waals surface area contributed by atoms with Gasteiger partial charge in [0.1, 0.15) is 11.2 Å². The molecule has 1 heterocycles. The van der Waals surface area contributed by atoms with E-state index in [0.717, 1.165) is 0 Å². The Morgan fingerprint density at radius 1 is 1.47 bits per heavy atom. The predicted octanol–water partition coefficient (Wildman–Crippen LogP) is 1.64. The van der Waals surface area contributed by atoms with Crippen LogP contribution in [0.1, 0.15) is 29.9 Å². The second-order valence-corrected chi connectivity index (χ2v) is 4.75. The van der Waals surface area contributed by atoms with Gasteiger partial charge in [0.25, 0.3) is 5.91 Å². The number of hydrogen-bond acceptors (Lipinski definition) is 3. The second-order valence-electron chi connectivity index (χ2n) is 4.37. The van der Waals surface area contributed by atoms with Crippen molar-refractivity contribution in [2.24, 2.45) is 0 Å². The summed E-state index contributed by atoms with van der Waals surface area (Å²) in [4.78, 5) is 29.4. The van der Waals surface area contributed by atoms with E-state index in [4.69, 9.17) is 11.6 Å². The van der Waals surface area contributed by atoms with Crippen molar-refractivity contribution in [2.75, 3.05) is 13.6 Å². The summed E-state index contributed by atoms with van der Waals surface area (Å²) in [5, 5.41) is 2.91. The smallest absolute Gasteiger partial charge is 0.252 e. The number of pyridine rings is 1. The highest BCUT2D eigenvalue weighted by molar-refractivity contribution is 6.29. The van der Waals surface area contributed by atoms with Crippen LogP contribution in [0.3, 0.4) is 0 Å². The van der Waals surface area contributed by atoms with Crippen molar-refractivity contribution in [1.29, 1.82) is 0 Å². The summed E-state index contributed by atoms with van der Waals surface area (Å²) in [6.45, 7) is 5.88. The quantitative estimate of drug-likeness (QED) is 0.855. The summed E-state index contributed by atoms with van der Waals surface area (Å²) < 4.78 is 0. The van der Waals surface area contributed by atoms with Crippen LogP contribution in [0.4, 0.5) is 0 Å². The highest BCUT2D eigenvalue weighted by Gasteiger charge is 2.19. The first-order valence-electron chi connectivity index (χ1n) is 6.05. The number of nitrogens with one attached hydrogen (secondary N) is 1. The molecule has 1 unspecified atom stereocenters. The van der Waals surface area contributed by atoms with Crippen molar-refractivity contribution in [2.45, 2.75) is 26.8 Å². The van der Waals surface area contributed by atoms with E-state index in [1.165, 1.54) is 6.07 Å². The first-order valence-corrected chi connectivity index (χ1v) is 6.43. The number of hydrogen-bond donors (Lipinski definition) is 1. The minimum atomic E-state index is -0.579. The van der Waals surface area contributed by atoms with Crippen molar-refractivity contribution in [1.82, 2.24) is 15.2 Å². The monoisotopic (exact) mass is 283 g/mol. The van der Waals surface area contributed by atoms with Crippen LogP contribution in [0.5, 0.6) is 0 Å². The van der Waals surface area contributed by atoms with E-state index in [0.29, 0.717) is 17.8 Å². The molecule has 0 fully saturated rings. The summed E-state index contributed by atoms with van der Waals surface area (Å²) in [6.07, 6.45) is 0. The van der Waals surface area contributed by atoms with E-state index < -0.39 is 6.04 Å². The fourth-order valence-electron chi connectivity index (χ4n) is 1.59. The zero-order valence-electron chi connectivity index (χ0n) is 11.5. The van der Waals surface area contributed by atoms with Crippen molar-refractivity contribution in [3.8, 4) is 0 Å². The lowest BCUT2D eigenvalue weighted by Gasteiger charge is -2.20. The molecular weight excluding hydrogens is 266 g/mol. The number of amides is 2. The Bertz CT molecular complexity index is 471. The van der Waals surface area contributed by atoms with E-state index in [-0.39, 0.29) is 17.0 Å². The predicted molar refractivity (Wildman–Crippen MR) is 74.2 cm³/mol. The molecule has 2 amide bonds. The number of carbonyl (C=O) groups excluding carboxylic acids is 2. The normalized spacial score (nSPS) is 11.8. The van der Waals surface area contributed by atoms with Gasteiger partial charge < -0.3 is 10.2 Å². The molecule has 0 bridgehead atoms. The molecule has 1 rings (SSSR count). The molecule has 1 aromatic heterocycles. The van der Waals surface area contributed by atoms with Crippen molar-refractivity contribution >= 4 is 23.4 Å². The largest absolute Gasteiger partial charge is 0.344 e. The van der Waals surface area contributed by atoms with Crippen LogP contribution in [-0.4, -0.2) is 41.3 Å². The van der Waals surface area contributed by atoms with E-state index in [9.17, 15) is 9.59 Å². The number of likely N-dealkylation sites (N-methyl/N-ethyl adjacent to an activating group) is 1. The SMILES string of the molecule is CCN(C)C(=O)C(C)NC(=O)c1cc(C)nc(Cl)c1. The Hall–Kier alpha value is -1.62. The van der Waals surface area contributed by atoms with Crippen LogP contribution in [0, 0.1) is 6.92 Å². The van der Waals surface area contributed by atoms with Crippen LogP contribution in [0.2, 0.25) is 5.15 Å². The zero-order chi connectivity index (χ0) is 14.6. The maximum atomic E-state index is 12.0. The lowest BCUT2D eigenvalue weighted by molar-refractivity contribution is -0.131. The molecule has 0 saturated heterocycles. The molecule has 5 nitrogen and oxygen atoms in total. The fourth-order valence-corrected chi connectivity index (χ4v) is 1.84. The van der Waals surface area contributed by atoms with Gasteiger partial charge in [0.05, 0.1) is 0 Å². The maximum Gasteiger partial charge on any atom is 0.252 e. The molecule has 1 N–H and O–H groups in total. The Balaban J connectivity index is 2.77. The minimum absolute atomic E-state index is 0.132. The lowest BCUT2D eigenvalue weighted by Crippen LogP contribution is -2.45. The van der Waals surface area contributed by atoms with Crippen LogP contribution in [0.15, 0.2) is 12.1 Å². The number of nitrogens with zero attached hydrogens (tertiary/aromatic N) is 2. The van der Waals surface area contributed by atoms with Crippen molar-refractivity contribution in [3.63, 3.8) is 0 Å². The number of halogens is 1. The summed E-state index contributed by atoms with van der Waals surface area (Å²) >= 11 is 5.80. The van der Waals surface area contributed by atoms with Gasteiger partial charge in [0.15, 0.2) is 0 Å². The minimum Gasteiger partial charge on any atom is -0.344 e. The molecule has 0 aliphatic carbocycles. The second kappa shape index (κ2) is 6.52. The van der Waals surface area contributed by atoms with Crippen LogP contribution in [-0.2, 0) is 4.79 Å². The summed E-state index contributed by atoms with van der Waals surface area (Å²) in [5.41, 5.74) is 1.05. The lowest BCUT2D eigenvalue weighted by atomic mass is 10.2. The van der Waals surface area contributed by atoms with Crippen LogP contribution in [0.25, 0.3) is 0 Å². The Morgan fingerprint density at radius 2 is 2.11 bits per heavy atom. The molecule has 104 valence electrons. The van der Waals surface area contributed by atoms with Crippen LogP contribution >= 0.6 is 11.6 Å². The van der Waals surface area contributed by atoms with Gasteiger partial charge in [-0.1, -0.05) is 11.6 Å². The fraction of sp³-hybridized carbons (Fsp3) is 0.462. The molecular formula is C13H18ClN3O2. The molecule has 0 spiro atoms. The van der Waals surface area contributed by atoms with Gasteiger partial charge in [-0.2, -0.15) is 0 Å². The third kappa shape index (κ3) is 4.21. The highest BCUT2D eigenvalue weighted by Crippen LogP contribution is 2.10. The van der Waals surface area contributed by atoms with Gasteiger partial charge >= 0.3 is 0 Å². The number of carbonyl (C=O) groups is 2. The van der Waals surface area contributed by atoms with Gasteiger partial charge in [0.2, 0.25) is 5.91 Å². The number of rotatable bonds is 4. The van der Waals surface area contributed by atoms with E-state index in [2.05, 4.69) is 10.3 Å². The molecule has 0 saturated carbocycles. The van der Waals surface area contributed by atoms with E-state index in [1.807, 2.05) is 6.92 Å². The van der Waals surface area contributed by atoms with Crippen molar-refractivity contribution in [3.05, 3.63) is 28.5 Å². The molecule has 0 aromatic carbocycles. The molecule has 6 heteroatoms. The molecule has 0 aliphatic rings. The number of aryl methyl sites for hydroxylation is 1. The third-order valence-electron chi connectivity index (χ3n) is 2.75. The Morgan fingerprint density at radius 3 is 2.63 bits per heavy atom. The molecule has 19 heavy (non-hydrogen) atoms. The first-order chi connectivity index (χ1) is 8.85. The van der Waals surface area contributed by atoms with Gasteiger partial charge in [-0.15, -0.1) is 0 Å². The maximum absolute atomic E-state index is 12.0. The standard InChI is InChI=1S/C13H18ClN3O2/c1-5-17(4)13(19)9(3)16-12(18)10-6-8(2)15-11(14)7-10/h6-7,9H,5H2,1-4H3,(H,16,18). The zero-order valence-corrected chi connectivity index (χ0v) is 12.3. The summed E-state index contributed by atoms with van der Waals surface area (Å²) in [7, 11) is 1.69. The average molecular weight is 284 g/mol. The topological polar surface area (TPSA) is 62.3 Å². The van der Waals surface area contributed by atoms with Gasteiger partial charge in [-0.05, 0) is 32.9 Å². The molecule has 1 atom stereocenters. The molecule has 0 radical (unpaired) electrons. The van der Waals surface area contributed by atoms with Gasteiger partial charge in [-0.3, -0.25) is 9.59 Å². The summed E-state index contributed by atoms with van der Waals surface area (Å²) in [6, 6.07) is 2.52. The van der Waals surface area contributed by atoms with Gasteiger partial charge in [-0.25, -0.2) is 4.98 Å². The van der Waals surface area contributed by atoms with E-state index >= 15 is 0 Å². The highest BCUT2D eigenvalue weighted by atomic mass is 35.5. The molecule has 1 aromatic rings. The third-order valence-corrected chi connectivity index (χ3v) is 2.95. The van der Waals surface area contributed by atoms with Gasteiger partial charge in [0, 0.05) is 24.8 Å². The Kier molecular flexibility index (Phi) is 5.30. The molecule has 0 aliphatic heterocycles.